The number of carbonyl (C=O) groups excluding carboxylic acids is 1. The number of hydrogen-bond donors (Lipinski definition) is 3. The van der Waals surface area contributed by atoms with E-state index in [1.54, 1.807) is 18.3 Å². The van der Waals surface area contributed by atoms with Crippen molar-refractivity contribution in [2.45, 2.75) is 63.6 Å². The first kappa shape index (κ1) is 25.5. The number of imidazole rings is 1. The zero-order valence-electron chi connectivity index (χ0n) is 20.4. The molecule has 1 saturated carbocycles. The second-order valence-corrected chi connectivity index (χ2v) is 10.5. The first-order chi connectivity index (χ1) is 17.8. The Kier molecular flexibility index (Phi) is 7.38. The van der Waals surface area contributed by atoms with Crippen molar-refractivity contribution in [1.29, 1.82) is 5.26 Å². The zero-order valence-corrected chi connectivity index (χ0v) is 21.9. The van der Waals surface area contributed by atoms with Crippen LogP contribution in [0.3, 0.4) is 0 Å². The Morgan fingerprint density at radius 1 is 1.19 bits per heavy atom. The maximum atomic E-state index is 11.8. The van der Waals surface area contributed by atoms with Crippen LogP contribution in [0, 0.1) is 17.2 Å². The van der Waals surface area contributed by atoms with Crippen LogP contribution in [0.4, 0.5) is 17.6 Å². The van der Waals surface area contributed by atoms with Crippen LogP contribution in [0.25, 0.3) is 11.2 Å². The van der Waals surface area contributed by atoms with Crippen LogP contribution in [0.15, 0.2) is 18.3 Å². The van der Waals surface area contributed by atoms with Crippen LogP contribution >= 0.6 is 23.2 Å². The van der Waals surface area contributed by atoms with Gasteiger partial charge in [0.05, 0.1) is 39.7 Å². The standard InChI is InChI=1S/C25H28Cl2N8O2/c1-13-8-16(6-7-37-13)31-24-30-12-20-23(34-24)35(17-4-2-15(3-5-17)22(29)36)25(32-20)33-21-18(26)9-14(11-28)10-19(21)27/h9-10,12-13,15-17H,2-8H2,1H3,(H2,29,36)(H,32,33)(H,30,31,34)/t13-,15?,16-,17?/m1/s1. The SMILES string of the molecule is C[C@@H]1C[C@H](Nc2ncc3nc(Nc4c(Cl)cc(C#N)cc4Cl)n(C4CCC(C(N)=O)CC4)c3n2)CCO1. The van der Waals surface area contributed by atoms with E-state index in [1.807, 2.05) is 4.57 Å². The minimum Gasteiger partial charge on any atom is -0.378 e. The Bertz CT molecular complexity index is 1340. The van der Waals surface area contributed by atoms with Crippen molar-refractivity contribution in [3.05, 3.63) is 33.9 Å². The second kappa shape index (κ2) is 10.7. The number of hydrogen-bond acceptors (Lipinski definition) is 8. The van der Waals surface area contributed by atoms with E-state index in [9.17, 15) is 10.1 Å². The Morgan fingerprint density at radius 3 is 2.57 bits per heavy atom. The zero-order chi connectivity index (χ0) is 26.1. The van der Waals surface area contributed by atoms with Crippen molar-refractivity contribution in [1.82, 2.24) is 19.5 Å². The molecule has 10 nitrogen and oxygen atoms in total. The van der Waals surface area contributed by atoms with Gasteiger partial charge in [0.2, 0.25) is 17.8 Å². The van der Waals surface area contributed by atoms with Crippen LogP contribution in [0.2, 0.25) is 10.0 Å². The molecule has 194 valence electrons. The summed E-state index contributed by atoms with van der Waals surface area (Å²) in [5.74, 6) is 0.645. The van der Waals surface area contributed by atoms with Crippen molar-refractivity contribution < 1.29 is 9.53 Å². The fourth-order valence-corrected chi connectivity index (χ4v) is 5.78. The molecule has 5 rings (SSSR count). The highest BCUT2D eigenvalue weighted by Gasteiger charge is 2.30. The van der Waals surface area contributed by atoms with Crippen molar-refractivity contribution in [2.24, 2.45) is 11.7 Å². The highest BCUT2D eigenvalue weighted by molar-refractivity contribution is 6.39. The molecule has 1 aromatic carbocycles. The Hall–Kier alpha value is -3.13. The van der Waals surface area contributed by atoms with Gasteiger partial charge in [-0.05, 0) is 57.6 Å². The molecule has 0 spiro atoms. The molecular formula is C25H28Cl2N8O2. The van der Waals surface area contributed by atoms with E-state index in [1.165, 1.54) is 0 Å². The van der Waals surface area contributed by atoms with Gasteiger partial charge in [0, 0.05) is 24.6 Å². The quantitative estimate of drug-likeness (QED) is 0.397. The van der Waals surface area contributed by atoms with Gasteiger partial charge in [-0.15, -0.1) is 0 Å². The molecule has 0 unspecified atom stereocenters. The van der Waals surface area contributed by atoms with Gasteiger partial charge in [-0.1, -0.05) is 23.2 Å². The first-order valence-corrected chi connectivity index (χ1v) is 13.2. The Morgan fingerprint density at radius 2 is 1.92 bits per heavy atom. The average Bonchev–Trinajstić information content (AvgIpc) is 3.23. The molecule has 0 radical (unpaired) electrons. The number of nitrogens with one attached hydrogen (secondary N) is 2. The predicted molar refractivity (Wildman–Crippen MR) is 142 cm³/mol. The van der Waals surface area contributed by atoms with Gasteiger partial charge >= 0.3 is 0 Å². The van der Waals surface area contributed by atoms with Gasteiger partial charge in [0.15, 0.2) is 5.65 Å². The molecule has 1 aliphatic heterocycles. The molecule has 1 amide bonds. The molecule has 3 aromatic rings. The lowest BCUT2D eigenvalue weighted by molar-refractivity contribution is -0.122. The number of nitrogens with two attached hydrogens (primary N) is 1. The molecule has 2 fully saturated rings. The third kappa shape index (κ3) is 5.44. The minimum absolute atomic E-state index is 0.0323. The number of aromatic nitrogens is 4. The van der Waals surface area contributed by atoms with E-state index in [-0.39, 0.29) is 30.0 Å². The number of ether oxygens (including phenoxy) is 1. The van der Waals surface area contributed by atoms with Crippen molar-refractivity contribution in [3.63, 3.8) is 0 Å². The Balaban J connectivity index is 1.52. The average molecular weight is 543 g/mol. The van der Waals surface area contributed by atoms with Gasteiger partial charge in [0.25, 0.3) is 0 Å². The molecule has 1 saturated heterocycles. The molecule has 12 heteroatoms. The molecule has 37 heavy (non-hydrogen) atoms. The summed E-state index contributed by atoms with van der Waals surface area (Å²) in [5, 5.41) is 16.6. The normalized spacial score (nSPS) is 23.9. The summed E-state index contributed by atoms with van der Waals surface area (Å²) in [6, 6.07) is 5.41. The second-order valence-electron chi connectivity index (χ2n) is 9.71. The summed E-state index contributed by atoms with van der Waals surface area (Å²) in [4.78, 5) is 25.9. The number of anilines is 3. The smallest absolute Gasteiger partial charge is 0.224 e. The minimum atomic E-state index is -0.261. The summed E-state index contributed by atoms with van der Waals surface area (Å²) in [6.07, 6.45) is 6.50. The van der Waals surface area contributed by atoms with E-state index < -0.39 is 0 Å². The third-order valence-corrected chi connectivity index (χ3v) is 7.72. The number of benzene rings is 1. The molecule has 2 aromatic heterocycles. The topological polar surface area (TPSA) is 144 Å². The van der Waals surface area contributed by atoms with Crippen LogP contribution in [0.1, 0.15) is 57.1 Å². The largest absolute Gasteiger partial charge is 0.378 e. The number of primary amides is 1. The Labute approximate surface area is 224 Å². The number of halogens is 2. The lowest BCUT2D eigenvalue weighted by atomic mass is 9.85. The van der Waals surface area contributed by atoms with Gasteiger partial charge in [-0.25, -0.2) is 9.97 Å². The number of nitrogens with zero attached hydrogens (tertiary/aromatic N) is 5. The molecule has 0 bridgehead atoms. The molecule has 2 aliphatic rings. The van der Waals surface area contributed by atoms with Crippen LogP contribution in [-0.4, -0.2) is 44.2 Å². The van der Waals surface area contributed by atoms with Crippen molar-refractivity contribution in [2.75, 3.05) is 17.2 Å². The van der Waals surface area contributed by atoms with Gasteiger partial charge in [-0.3, -0.25) is 9.36 Å². The molecule has 4 N–H and O–H groups in total. The number of carbonyl (C=O) groups is 1. The van der Waals surface area contributed by atoms with E-state index in [0.29, 0.717) is 63.8 Å². The number of rotatable bonds is 6. The fourth-order valence-electron chi connectivity index (χ4n) is 5.19. The van der Waals surface area contributed by atoms with Gasteiger partial charge in [-0.2, -0.15) is 10.2 Å². The monoisotopic (exact) mass is 542 g/mol. The lowest BCUT2D eigenvalue weighted by Crippen LogP contribution is -2.33. The van der Waals surface area contributed by atoms with E-state index in [0.717, 1.165) is 25.7 Å². The highest BCUT2D eigenvalue weighted by atomic mass is 35.5. The maximum Gasteiger partial charge on any atom is 0.224 e. The van der Waals surface area contributed by atoms with Crippen molar-refractivity contribution in [3.8, 4) is 6.07 Å². The van der Waals surface area contributed by atoms with Crippen LogP contribution in [-0.2, 0) is 9.53 Å². The summed E-state index contributed by atoms with van der Waals surface area (Å²) in [6.45, 7) is 2.76. The van der Waals surface area contributed by atoms with Crippen LogP contribution < -0.4 is 16.4 Å². The molecule has 1 aliphatic carbocycles. The van der Waals surface area contributed by atoms with E-state index in [2.05, 4.69) is 28.6 Å². The van der Waals surface area contributed by atoms with Gasteiger partial charge in [0.1, 0.15) is 5.52 Å². The predicted octanol–water partition coefficient (Wildman–Crippen LogP) is 4.94. The number of fused-ring (bicyclic) bond motifs is 1. The number of amides is 1. The summed E-state index contributed by atoms with van der Waals surface area (Å²) >= 11 is 12.9. The molecule has 2 atom stereocenters. The van der Waals surface area contributed by atoms with Crippen molar-refractivity contribution >= 4 is 57.9 Å². The third-order valence-electron chi connectivity index (χ3n) is 7.12. The van der Waals surface area contributed by atoms with Crippen LogP contribution in [0.5, 0.6) is 0 Å². The van der Waals surface area contributed by atoms with E-state index in [4.69, 9.17) is 43.6 Å². The fraction of sp³-hybridized carbons (Fsp3) is 0.480. The molecule has 3 heterocycles. The summed E-state index contributed by atoms with van der Waals surface area (Å²) < 4.78 is 7.70. The first-order valence-electron chi connectivity index (χ1n) is 12.4. The number of nitriles is 1. The summed E-state index contributed by atoms with van der Waals surface area (Å²) in [5.41, 5.74) is 7.67. The summed E-state index contributed by atoms with van der Waals surface area (Å²) in [7, 11) is 0. The van der Waals surface area contributed by atoms with Gasteiger partial charge < -0.3 is 21.1 Å². The molecular weight excluding hydrogens is 515 g/mol. The lowest BCUT2D eigenvalue weighted by Gasteiger charge is -2.29. The maximum absolute atomic E-state index is 11.8. The van der Waals surface area contributed by atoms with E-state index >= 15 is 0 Å². The highest BCUT2D eigenvalue weighted by Crippen LogP contribution is 2.39.